The van der Waals surface area contributed by atoms with Crippen LogP contribution in [0.5, 0.6) is 17.2 Å². The lowest BCUT2D eigenvalue weighted by molar-refractivity contribution is -0.116. The molecule has 33 heavy (non-hydrogen) atoms. The minimum atomic E-state index is -0.426. The van der Waals surface area contributed by atoms with Crippen molar-refractivity contribution in [3.63, 3.8) is 0 Å². The predicted octanol–water partition coefficient (Wildman–Crippen LogP) is 4.75. The molecule has 0 fully saturated rings. The third-order valence-electron chi connectivity index (χ3n) is 4.28. The van der Waals surface area contributed by atoms with Gasteiger partial charge >= 0.3 is 0 Å². The molecule has 0 unspecified atom stereocenters. The van der Waals surface area contributed by atoms with Gasteiger partial charge in [-0.1, -0.05) is 13.0 Å². The van der Waals surface area contributed by atoms with E-state index in [0.29, 0.717) is 60.4 Å². The third-order valence-corrected chi connectivity index (χ3v) is 4.48. The highest BCUT2D eigenvalue weighted by Gasteiger charge is 2.19. The number of benzene rings is 2. The van der Waals surface area contributed by atoms with Crippen molar-refractivity contribution in [2.45, 2.75) is 40.5 Å². The van der Waals surface area contributed by atoms with Crippen LogP contribution in [0, 0.1) is 0 Å². The van der Waals surface area contributed by atoms with E-state index in [0.717, 1.165) is 6.42 Å². The lowest BCUT2D eigenvalue weighted by atomic mass is 10.1. The summed E-state index contributed by atoms with van der Waals surface area (Å²) in [5.74, 6) is 0.816. The molecule has 0 aliphatic heterocycles. The number of amides is 2. The molecule has 0 spiro atoms. The minimum Gasteiger partial charge on any atom is -0.490 e. The smallest absolute Gasteiger partial charge is 0.257 e. The molecular formula is C24H31N3O5S. The zero-order valence-corrected chi connectivity index (χ0v) is 20.3. The van der Waals surface area contributed by atoms with Crippen molar-refractivity contribution >= 4 is 40.5 Å². The highest BCUT2D eigenvalue weighted by Crippen LogP contribution is 2.39. The van der Waals surface area contributed by atoms with Crippen LogP contribution in [0.2, 0.25) is 0 Å². The van der Waals surface area contributed by atoms with Gasteiger partial charge in [-0.2, -0.15) is 0 Å². The maximum absolute atomic E-state index is 12.9. The van der Waals surface area contributed by atoms with Crippen LogP contribution in [0.3, 0.4) is 0 Å². The first-order chi connectivity index (χ1) is 15.9. The summed E-state index contributed by atoms with van der Waals surface area (Å²) in [5.41, 5.74) is 1.59. The topological polar surface area (TPSA) is 97.9 Å². The molecule has 0 radical (unpaired) electrons. The Kier molecular flexibility index (Phi) is 10.4. The van der Waals surface area contributed by atoms with Crippen LogP contribution in [0.4, 0.5) is 11.4 Å². The fourth-order valence-corrected chi connectivity index (χ4v) is 3.19. The van der Waals surface area contributed by atoms with E-state index in [9.17, 15) is 9.59 Å². The number of carbonyl (C=O) groups is 2. The number of ether oxygens (including phenoxy) is 3. The highest BCUT2D eigenvalue weighted by atomic mass is 32.1. The molecule has 2 aromatic rings. The van der Waals surface area contributed by atoms with Gasteiger partial charge in [-0.25, -0.2) is 0 Å². The molecule has 0 atom stereocenters. The molecule has 8 nitrogen and oxygen atoms in total. The van der Waals surface area contributed by atoms with Gasteiger partial charge in [0, 0.05) is 23.4 Å². The summed E-state index contributed by atoms with van der Waals surface area (Å²) in [6, 6.07) is 10.3. The van der Waals surface area contributed by atoms with E-state index >= 15 is 0 Å². The van der Waals surface area contributed by atoms with E-state index in [2.05, 4.69) is 16.0 Å². The second-order valence-electron chi connectivity index (χ2n) is 6.89. The lowest BCUT2D eigenvalue weighted by Gasteiger charge is -2.17. The Morgan fingerprint density at radius 1 is 0.848 bits per heavy atom. The standard InChI is InChI=1S/C24H31N3O5S/c1-5-10-21(28)25-17-11-9-12-18(15-17)26-24(33)27-23(29)16-13-19(30-6-2)22(32-8-4)20(14-16)31-7-3/h9,11-15H,5-8,10H2,1-4H3,(H,25,28)(H2,26,27,29,33). The maximum Gasteiger partial charge on any atom is 0.257 e. The Labute approximate surface area is 200 Å². The molecule has 3 N–H and O–H groups in total. The summed E-state index contributed by atoms with van der Waals surface area (Å²) in [6.07, 6.45) is 1.21. The maximum atomic E-state index is 12.9. The highest BCUT2D eigenvalue weighted by molar-refractivity contribution is 7.80. The van der Waals surface area contributed by atoms with Crippen LogP contribution in [-0.2, 0) is 4.79 Å². The van der Waals surface area contributed by atoms with Crippen LogP contribution in [0.25, 0.3) is 0 Å². The van der Waals surface area contributed by atoms with Gasteiger partial charge in [-0.15, -0.1) is 0 Å². The average molecular weight is 474 g/mol. The minimum absolute atomic E-state index is 0.0590. The van der Waals surface area contributed by atoms with E-state index in [-0.39, 0.29) is 11.0 Å². The molecule has 2 amide bonds. The van der Waals surface area contributed by atoms with Gasteiger partial charge in [0.25, 0.3) is 5.91 Å². The van der Waals surface area contributed by atoms with Gasteiger partial charge in [-0.05, 0) is 69.7 Å². The molecule has 2 rings (SSSR count). The second kappa shape index (κ2) is 13.3. The van der Waals surface area contributed by atoms with Gasteiger partial charge in [0.2, 0.25) is 11.7 Å². The monoisotopic (exact) mass is 473 g/mol. The molecule has 0 heterocycles. The largest absolute Gasteiger partial charge is 0.490 e. The fourth-order valence-electron chi connectivity index (χ4n) is 2.98. The van der Waals surface area contributed by atoms with Crippen LogP contribution in [0.1, 0.15) is 50.9 Å². The predicted molar refractivity (Wildman–Crippen MR) is 134 cm³/mol. The molecular weight excluding hydrogens is 442 g/mol. The van der Waals surface area contributed by atoms with Crippen LogP contribution >= 0.6 is 12.2 Å². The molecule has 0 aliphatic rings. The molecule has 0 saturated heterocycles. The summed E-state index contributed by atoms with van der Waals surface area (Å²) >= 11 is 5.30. The first kappa shape index (κ1) is 25.9. The van der Waals surface area contributed by atoms with Crippen molar-refractivity contribution < 1.29 is 23.8 Å². The quantitative estimate of drug-likeness (QED) is 0.405. The number of thiocarbonyl (C=S) groups is 1. The molecule has 178 valence electrons. The second-order valence-corrected chi connectivity index (χ2v) is 7.30. The molecule has 0 aromatic heterocycles. The lowest BCUT2D eigenvalue weighted by Crippen LogP contribution is -2.34. The summed E-state index contributed by atoms with van der Waals surface area (Å²) in [5, 5.41) is 8.56. The van der Waals surface area contributed by atoms with Crippen LogP contribution in [-0.4, -0.2) is 36.7 Å². The normalized spacial score (nSPS) is 10.2. The number of rotatable bonds is 11. The van der Waals surface area contributed by atoms with Gasteiger partial charge in [0.15, 0.2) is 16.6 Å². The first-order valence-corrected chi connectivity index (χ1v) is 11.4. The van der Waals surface area contributed by atoms with E-state index in [1.165, 1.54) is 0 Å². The van der Waals surface area contributed by atoms with Crippen molar-refractivity contribution in [2.75, 3.05) is 30.5 Å². The summed E-state index contributed by atoms with van der Waals surface area (Å²) in [7, 11) is 0. The SMILES string of the molecule is CCCC(=O)Nc1cccc(NC(=S)NC(=O)c2cc(OCC)c(OCC)c(OCC)c2)c1. The zero-order valence-electron chi connectivity index (χ0n) is 19.4. The van der Waals surface area contributed by atoms with Gasteiger partial charge in [0.05, 0.1) is 19.8 Å². The van der Waals surface area contributed by atoms with Crippen molar-refractivity contribution in [3.05, 3.63) is 42.0 Å². The summed E-state index contributed by atoms with van der Waals surface area (Å²) in [6.45, 7) is 8.74. The Morgan fingerprint density at radius 2 is 1.42 bits per heavy atom. The number of hydrogen-bond acceptors (Lipinski definition) is 6. The number of hydrogen-bond donors (Lipinski definition) is 3. The van der Waals surface area contributed by atoms with Crippen LogP contribution < -0.4 is 30.2 Å². The Hall–Kier alpha value is -3.33. The Bertz CT molecular complexity index is 953. The van der Waals surface area contributed by atoms with E-state index < -0.39 is 5.91 Å². The fraction of sp³-hybridized carbons (Fsp3) is 0.375. The molecule has 2 aromatic carbocycles. The van der Waals surface area contributed by atoms with Crippen LogP contribution in [0.15, 0.2) is 36.4 Å². The molecule has 0 saturated carbocycles. The van der Waals surface area contributed by atoms with E-state index in [4.69, 9.17) is 26.4 Å². The molecule has 0 aliphatic carbocycles. The van der Waals surface area contributed by atoms with E-state index in [1.54, 1.807) is 36.4 Å². The number of anilines is 2. The Balaban J connectivity index is 2.14. The van der Waals surface area contributed by atoms with Crippen molar-refractivity contribution in [1.29, 1.82) is 0 Å². The molecule has 0 bridgehead atoms. The third kappa shape index (κ3) is 7.94. The number of nitrogens with one attached hydrogen (secondary N) is 3. The van der Waals surface area contributed by atoms with Gasteiger partial charge in [-0.3, -0.25) is 14.9 Å². The average Bonchev–Trinajstić information content (AvgIpc) is 2.76. The number of carbonyl (C=O) groups excluding carboxylic acids is 2. The Morgan fingerprint density at radius 3 is 1.97 bits per heavy atom. The van der Waals surface area contributed by atoms with E-state index in [1.807, 2.05) is 27.7 Å². The summed E-state index contributed by atoms with van der Waals surface area (Å²) < 4.78 is 17.0. The summed E-state index contributed by atoms with van der Waals surface area (Å²) in [4.78, 5) is 24.7. The van der Waals surface area contributed by atoms with Crippen molar-refractivity contribution in [2.24, 2.45) is 0 Å². The van der Waals surface area contributed by atoms with Gasteiger partial charge in [0.1, 0.15) is 0 Å². The molecule has 9 heteroatoms. The van der Waals surface area contributed by atoms with Crippen molar-refractivity contribution in [3.8, 4) is 17.2 Å². The zero-order chi connectivity index (χ0) is 24.2. The first-order valence-electron chi connectivity index (χ1n) is 11.0. The van der Waals surface area contributed by atoms with Gasteiger partial charge < -0.3 is 24.8 Å². The van der Waals surface area contributed by atoms with Crippen molar-refractivity contribution in [1.82, 2.24) is 5.32 Å².